The first-order valence-corrected chi connectivity index (χ1v) is 4.33. The number of thiophene rings is 1. The summed E-state index contributed by atoms with van der Waals surface area (Å²) < 4.78 is 0.908. The van der Waals surface area contributed by atoms with Crippen LogP contribution in [0.2, 0.25) is 4.34 Å². The Morgan fingerprint density at radius 3 is 2.80 bits per heavy atom. The van der Waals surface area contributed by atoms with E-state index in [1.165, 1.54) is 10.4 Å². The summed E-state index contributed by atoms with van der Waals surface area (Å²) in [5, 5.41) is 3.08. The SMILES string of the molecule is CNCc1cc(C)c(Cl)s1. The van der Waals surface area contributed by atoms with Crippen molar-refractivity contribution in [1.82, 2.24) is 5.32 Å². The molecule has 1 aromatic heterocycles. The van der Waals surface area contributed by atoms with Crippen LogP contribution in [0.1, 0.15) is 10.4 Å². The molecular formula is C7H10ClNS. The fourth-order valence-corrected chi connectivity index (χ4v) is 2.04. The van der Waals surface area contributed by atoms with E-state index < -0.39 is 0 Å². The summed E-state index contributed by atoms with van der Waals surface area (Å²) in [6, 6.07) is 2.11. The molecular weight excluding hydrogens is 166 g/mol. The van der Waals surface area contributed by atoms with Crippen LogP contribution >= 0.6 is 22.9 Å². The van der Waals surface area contributed by atoms with Crippen LogP contribution in [0.25, 0.3) is 0 Å². The smallest absolute Gasteiger partial charge is 0.0960 e. The quantitative estimate of drug-likeness (QED) is 0.728. The lowest BCUT2D eigenvalue weighted by atomic mass is 10.3. The van der Waals surface area contributed by atoms with Crippen molar-refractivity contribution >= 4 is 22.9 Å². The Balaban J connectivity index is 2.77. The molecule has 3 heteroatoms. The van der Waals surface area contributed by atoms with Gasteiger partial charge in [-0.15, -0.1) is 11.3 Å². The summed E-state index contributed by atoms with van der Waals surface area (Å²) in [4.78, 5) is 1.30. The molecule has 0 aromatic carbocycles. The van der Waals surface area contributed by atoms with Gasteiger partial charge in [0.05, 0.1) is 4.34 Å². The minimum atomic E-state index is 0.908. The lowest BCUT2D eigenvalue weighted by molar-refractivity contribution is 0.831. The number of nitrogens with one attached hydrogen (secondary N) is 1. The Bertz CT molecular complexity index is 200. The van der Waals surface area contributed by atoms with Crippen molar-refractivity contribution in [3.63, 3.8) is 0 Å². The largest absolute Gasteiger partial charge is 0.315 e. The molecule has 0 fully saturated rings. The first-order valence-electron chi connectivity index (χ1n) is 3.13. The number of aryl methyl sites for hydroxylation is 1. The molecule has 0 amide bonds. The van der Waals surface area contributed by atoms with Gasteiger partial charge in [0.2, 0.25) is 0 Å². The average Bonchev–Trinajstić information content (AvgIpc) is 2.14. The lowest BCUT2D eigenvalue weighted by Crippen LogP contribution is -2.02. The molecule has 1 heterocycles. The van der Waals surface area contributed by atoms with Crippen LogP contribution in [0.15, 0.2) is 6.07 Å². The van der Waals surface area contributed by atoms with Crippen molar-refractivity contribution in [3.8, 4) is 0 Å². The summed E-state index contributed by atoms with van der Waals surface area (Å²) >= 11 is 7.50. The lowest BCUT2D eigenvalue weighted by Gasteiger charge is -1.89. The molecule has 0 unspecified atom stereocenters. The average molecular weight is 176 g/mol. The van der Waals surface area contributed by atoms with Crippen LogP contribution in [0, 0.1) is 6.92 Å². The molecule has 0 aliphatic rings. The summed E-state index contributed by atoms with van der Waals surface area (Å²) in [5.74, 6) is 0. The standard InChI is InChI=1S/C7H10ClNS/c1-5-3-6(4-9-2)10-7(5)8/h3,9H,4H2,1-2H3. The Labute approximate surface area is 70.0 Å². The molecule has 0 spiro atoms. The molecule has 1 nitrogen and oxygen atoms in total. The molecule has 1 rings (SSSR count). The summed E-state index contributed by atoms with van der Waals surface area (Å²) in [5.41, 5.74) is 1.18. The molecule has 1 aromatic rings. The van der Waals surface area contributed by atoms with E-state index in [2.05, 4.69) is 11.4 Å². The predicted molar refractivity (Wildman–Crippen MR) is 46.8 cm³/mol. The fourth-order valence-electron chi connectivity index (χ4n) is 0.785. The van der Waals surface area contributed by atoms with Crippen molar-refractivity contribution in [2.75, 3.05) is 7.05 Å². The monoisotopic (exact) mass is 175 g/mol. The van der Waals surface area contributed by atoms with Gasteiger partial charge in [-0.2, -0.15) is 0 Å². The summed E-state index contributed by atoms with van der Waals surface area (Å²) in [7, 11) is 1.93. The molecule has 0 radical (unpaired) electrons. The van der Waals surface area contributed by atoms with Gasteiger partial charge in [-0.1, -0.05) is 11.6 Å². The van der Waals surface area contributed by atoms with Gasteiger partial charge in [0.15, 0.2) is 0 Å². The number of rotatable bonds is 2. The summed E-state index contributed by atoms with van der Waals surface area (Å²) in [6.45, 7) is 2.94. The van der Waals surface area contributed by atoms with Gasteiger partial charge < -0.3 is 5.32 Å². The third kappa shape index (κ3) is 1.72. The molecule has 0 bridgehead atoms. The van der Waals surface area contributed by atoms with E-state index in [9.17, 15) is 0 Å². The van der Waals surface area contributed by atoms with E-state index in [4.69, 9.17) is 11.6 Å². The van der Waals surface area contributed by atoms with Crippen LogP contribution in [-0.2, 0) is 6.54 Å². The molecule has 0 aliphatic carbocycles. The highest BCUT2D eigenvalue weighted by Crippen LogP contribution is 2.26. The first-order chi connectivity index (χ1) is 4.74. The van der Waals surface area contributed by atoms with Crippen molar-refractivity contribution in [3.05, 3.63) is 20.8 Å². The molecule has 10 heavy (non-hydrogen) atoms. The van der Waals surface area contributed by atoms with Crippen LogP contribution in [-0.4, -0.2) is 7.05 Å². The van der Waals surface area contributed by atoms with E-state index in [0.717, 1.165) is 10.9 Å². The van der Waals surface area contributed by atoms with Crippen molar-refractivity contribution in [2.24, 2.45) is 0 Å². The van der Waals surface area contributed by atoms with E-state index in [1.54, 1.807) is 11.3 Å². The van der Waals surface area contributed by atoms with Gasteiger partial charge in [-0.25, -0.2) is 0 Å². The maximum absolute atomic E-state index is 5.86. The van der Waals surface area contributed by atoms with Crippen LogP contribution < -0.4 is 5.32 Å². The number of hydrogen-bond acceptors (Lipinski definition) is 2. The highest BCUT2D eigenvalue weighted by Gasteiger charge is 2.00. The van der Waals surface area contributed by atoms with Gasteiger partial charge in [-0.05, 0) is 25.6 Å². The molecule has 56 valence electrons. The normalized spacial score (nSPS) is 10.3. The zero-order valence-corrected chi connectivity index (χ0v) is 7.64. The Morgan fingerprint density at radius 1 is 1.70 bits per heavy atom. The van der Waals surface area contributed by atoms with Gasteiger partial charge in [0, 0.05) is 11.4 Å². The van der Waals surface area contributed by atoms with Crippen LogP contribution in [0.4, 0.5) is 0 Å². The molecule has 0 saturated carbocycles. The van der Waals surface area contributed by atoms with Crippen LogP contribution in [0.5, 0.6) is 0 Å². The Morgan fingerprint density at radius 2 is 2.40 bits per heavy atom. The minimum Gasteiger partial charge on any atom is -0.315 e. The Kier molecular flexibility index (Phi) is 2.72. The third-order valence-corrected chi connectivity index (χ3v) is 2.81. The van der Waals surface area contributed by atoms with E-state index >= 15 is 0 Å². The third-order valence-electron chi connectivity index (χ3n) is 1.26. The second kappa shape index (κ2) is 3.37. The zero-order valence-electron chi connectivity index (χ0n) is 6.07. The van der Waals surface area contributed by atoms with Crippen LogP contribution in [0.3, 0.4) is 0 Å². The van der Waals surface area contributed by atoms with E-state index in [0.29, 0.717) is 0 Å². The number of hydrogen-bond donors (Lipinski definition) is 1. The minimum absolute atomic E-state index is 0.908. The fraction of sp³-hybridized carbons (Fsp3) is 0.429. The van der Waals surface area contributed by atoms with Gasteiger partial charge in [-0.3, -0.25) is 0 Å². The maximum Gasteiger partial charge on any atom is 0.0960 e. The molecule has 1 N–H and O–H groups in total. The van der Waals surface area contributed by atoms with E-state index in [1.807, 2.05) is 14.0 Å². The van der Waals surface area contributed by atoms with Crippen molar-refractivity contribution in [2.45, 2.75) is 13.5 Å². The van der Waals surface area contributed by atoms with E-state index in [-0.39, 0.29) is 0 Å². The van der Waals surface area contributed by atoms with Crippen molar-refractivity contribution in [1.29, 1.82) is 0 Å². The predicted octanol–water partition coefficient (Wildman–Crippen LogP) is 2.43. The van der Waals surface area contributed by atoms with Gasteiger partial charge in [0.25, 0.3) is 0 Å². The second-order valence-corrected chi connectivity index (χ2v) is 3.94. The number of halogens is 1. The topological polar surface area (TPSA) is 12.0 Å². The molecule has 0 saturated heterocycles. The van der Waals surface area contributed by atoms with Gasteiger partial charge >= 0.3 is 0 Å². The Hall–Kier alpha value is -0.0500. The molecule has 0 aliphatic heterocycles. The maximum atomic E-state index is 5.86. The second-order valence-electron chi connectivity index (χ2n) is 2.20. The van der Waals surface area contributed by atoms with Gasteiger partial charge in [0.1, 0.15) is 0 Å². The molecule has 0 atom stereocenters. The summed E-state index contributed by atoms with van der Waals surface area (Å²) in [6.07, 6.45) is 0. The highest BCUT2D eigenvalue weighted by molar-refractivity contribution is 7.16. The first kappa shape index (κ1) is 8.05. The van der Waals surface area contributed by atoms with Crippen molar-refractivity contribution < 1.29 is 0 Å². The zero-order chi connectivity index (χ0) is 7.56. The highest BCUT2D eigenvalue weighted by atomic mass is 35.5.